The summed E-state index contributed by atoms with van der Waals surface area (Å²) in [6, 6.07) is 10.8. The lowest BCUT2D eigenvalue weighted by Gasteiger charge is -2.12. The molecule has 1 unspecified atom stereocenters. The van der Waals surface area contributed by atoms with Crippen molar-refractivity contribution < 1.29 is 0 Å². The third kappa shape index (κ3) is 2.18. The summed E-state index contributed by atoms with van der Waals surface area (Å²) in [7, 11) is 0. The second-order valence-corrected chi connectivity index (χ2v) is 4.99. The minimum Gasteiger partial charge on any atom is -0.320 e. The van der Waals surface area contributed by atoms with Gasteiger partial charge in [-0.15, -0.1) is 11.3 Å². The van der Waals surface area contributed by atoms with Gasteiger partial charge in [0.1, 0.15) is 0 Å². The number of thiophene rings is 1. The quantitative estimate of drug-likeness (QED) is 0.857. The first kappa shape index (κ1) is 11.4. The van der Waals surface area contributed by atoms with Gasteiger partial charge in [0, 0.05) is 4.88 Å². The Kier molecular flexibility index (Phi) is 3.42. The van der Waals surface area contributed by atoms with Crippen LogP contribution < -0.4 is 5.73 Å². The normalized spacial score (nSPS) is 12.7. The molecule has 2 rings (SSSR count). The minimum atomic E-state index is 0.0194. The predicted molar refractivity (Wildman–Crippen MR) is 70.9 cm³/mol. The summed E-state index contributed by atoms with van der Waals surface area (Å²) in [6.45, 7) is 4.28. The van der Waals surface area contributed by atoms with Gasteiger partial charge < -0.3 is 5.73 Å². The van der Waals surface area contributed by atoms with Crippen molar-refractivity contribution in [1.29, 1.82) is 0 Å². The first-order chi connectivity index (χ1) is 7.72. The molecule has 1 nitrogen and oxygen atoms in total. The van der Waals surface area contributed by atoms with Gasteiger partial charge in [-0.2, -0.15) is 0 Å². The fourth-order valence-electron chi connectivity index (χ4n) is 1.82. The van der Waals surface area contributed by atoms with Crippen molar-refractivity contribution in [3.63, 3.8) is 0 Å². The predicted octanol–water partition coefficient (Wildman–Crippen LogP) is 3.67. The Hall–Kier alpha value is -1.12. The number of aryl methyl sites for hydroxylation is 2. The SMILES string of the molecule is CCc1ccc(C(N)c2sccc2C)cc1. The van der Waals surface area contributed by atoms with Gasteiger partial charge in [-0.1, -0.05) is 31.2 Å². The maximum atomic E-state index is 6.26. The van der Waals surface area contributed by atoms with Crippen molar-refractivity contribution >= 4 is 11.3 Å². The van der Waals surface area contributed by atoms with Crippen molar-refractivity contribution in [3.8, 4) is 0 Å². The highest BCUT2D eigenvalue weighted by Gasteiger charge is 2.12. The molecule has 0 fully saturated rings. The van der Waals surface area contributed by atoms with Crippen molar-refractivity contribution in [3.05, 3.63) is 57.3 Å². The summed E-state index contributed by atoms with van der Waals surface area (Å²) in [4.78, 5) is 1.27. The third-order valence-electron chi connectivity index (χ3n) is 2.93. The van der Waals surface area contributed by atoms with Crippen molar-refractivity contribution in [1.82, 2.24) is 0 Å². The lowest BCUT2D eigenvalue weighted by Crippen LogP contribution is -2.11. The van der Waals surface area contributed by atoms with E-state index >= 15 is 0 Å². The van der Waals surface area contributed by atoms with E-state index < -0.39 is 0 Å². The average Bonchev–Trinajstić information content (AvgIpc) is 2.75. The van der Waals surface area contributed by atoms with E-state index in [1.807, 2.05) is 0 Å². The van der Waals surface area contributed by atoms with E-state index in [0.29, 0.717) is 0 Å². The Bertz CT molecular complexity index is 456. The first-order valence-electron chi connectivity index (χ1n) is 5.60. The van der Waals surface area contributed by atoms with Crippen LogP contribution in [0.3, 0.4) is 0 Å². The van der Waals surface area contributed by atoms with Gasteiger partial charge in [0.25, 0.3) is 0 Å². The molecule has 2 aromatic rings. The van der Waals surface area contributed by atoms with Crippen molar-refractivity contribution in [2.45, 2.75) is 26.3 Å². The Morgan fingerprint density at radius 3 is 2.38 bits per heavy atom. The molecule has 0 aliphatic carbocycles. The highest BCUT2D eigenvalue weighted by molar-refractivity contribution is 7.10. The molecule has 0 aliphatic rings. The van der Waals surface area contributed by atoms with Gasteiger partial charge >= 0.3 is 0 Å². The van der Waals surface area contributed by atoms with Crippen LogP contribution in [0.5, 0.6) is 0 Å². The molecule has 0 saturated carbocycles. The van der Waals surface area contributed by atoms with Crippen LogP contribution in [0.4, 0.5) is 0 Å². The van der Waals surface area contributed by atoms with E-state index in [-0.39, 0.29) is 6.04 Å². The van der Waals surface area contributed by atoms with Crippen molar-refractivity contribution in [2.24, 2.45) is 5.73 Å². The smallest absolute Gasteiger partial charge is 0.0648 e. The van der Waals surface area contributed by atoms with Gasteiger partial charge in [0.15, 0.2) is 0 Å². The number of hydrogen-bond donors (Lipinski definition) is 1. The number of nitrogens with two attached hydrogens (primary N) is 1. The molecule has 2 N–H and O–H groups in total. The lowest BCUT2D eigenvalue weighted by molar-refractivity contribution is 0.883. The Morgan fingerprint density at radius 1 is 1.19 bits per heavy atom. The van der Waals surface area contributed by atoms with E-state index in [2.05, 4.69) is 49.6 Å². The minimum absolute atomic E-state index is 0.0194. The molecule has 0 aliphatic heterocycles. The van der Waals surface area contributed by atoms with Gasteiger partial charge in [-0.25, -0.2) is 0 Å². The maximum Gasteiger partial charge on any atom is 0.0648 e. The van der Waals surface area contributed by atoms with E-state index in [9.17, 15) is 0 Å². The molecule has 0 bridgehead atoms. The van der Waals surface area contributed by atoms with Crippen LogP contribution in [0.1, 0.15) is 34.5 Å². The maximum absolute atomic E-state index is 6.26. The molecular formula is C14H17NS. The van der Waals surface area contributed by atoms with Crippen LogP contribution in [-0.4, -0.2) is 0 Å². The highest BCUT2D eigenvalue weighted by Crippen LogP contribution is 2.27. The van der Waals surface area contributed by atoms with E-state index in [4.69, 9.17) is 5.73 Å². The molecule has 1 atom stereocenters. The molecule has 1 aromatic heterocycles. The van der Waals surface area contributed by atoms with E-state index in [1.54, 1.807) is 11.3 Å². The van der Waals surface area contributed by atoms with E-state index in [1.165, 1.54) is 21.6 Å². The molecule has 0 spiro atoms. The number of hydrogen-bond acceptors (Lipinski definition) is 2. The zero-order valence-electron chi connectivity index (χ0n) is 9.73. The van der Waals surface area contributed by atoms with Crippen LogP contribution in [0.2, 0.25) is 0 Å². The monoisotopic (exact) mass is 231 g/mol. The zero-order chi connectivity index (χ0) is 11.5. The van der Waals surface area contributed by atoms with Crippen LogP contribution >= 0.6 is 11.3 Å². The molecule has 0 saturated heterocycles. The largest absolute Gasteiger partial charge is 0.320 e. The molecule has 0 radical (unpaired) electrons. The molecule has 2 heteroatoms. The molecule has 84 valence electrons. The fourth-order valence-corrected chi connectivity index (χ4v) is 2.77. The summed E-state index contributed by atoms with van der Waals surface area (Å²) in [5.41, 5.74) is 10.1. The van der Waals surface area contributed by atoms with Gasteiger partial charge in [-0.05, 0) is 41.5 Å². The van der Waals surface area contributed by atoms with Crippen LogP contribution in [0.15, 0.2) is 35.7 Å². The second kappa shape index (κ2) is 4.81. The summed E-state index contributed by atoms with van der Waals surface area (Å²) >= 11 is 1.74. The molecule has 1 heterocycles. The van der Waals surface area contributed by atoms with Crippen LogP contribution in [0, 0.1) is 6.92 Å². The standard InChI is InChI=1S/C14H17NS/c1-3-11-4-6-12(7-5-11)13(15)14-10(2)8-9-16-14/h4-9,13H,3,15H2,1-2H3. The van der Waals surface area contributed by atoms with Crippen LogP contribution in [-0.2, 0) is 6.42 Å². The molecule has 1 aromatic carbocycles. The molecular weight excluding hydrogens is 214 g/mol. The molecule has 0 amide bonds. The summed E-state index contributed by atoms with van der Waals surface area (Å²) in [5, 5.41) is 2.10. The Morgan fingerprint density at radius 2 is 1.88 bits per heavy atom. The Labute approximate surface area is 101 Å². The number of rotatable bonds is 3. The van der Waals surface area contributed by atoms with E-state index in [0.717, 1.165) is 6.42 Å². The zero-order valence-corrected chi connectivity index (χ0v) is 10.6. The third-order valence-corrected chi connectivity index (χ3v) is 4.03. The second-order valence-electron chi connectivity index (χ2n) is 4.04. The van der Waals surface area contributed by atoms with Crippen LogP contribution in [0.25, 0.3) is 0 Å². The Balaban J connectivity index is 2.27. The fraction of sp³-hybridized carbons (Fsp3) is 0.286. The first-order valence-corrected chi connectivity index (χ1v) is 6.48. The van der Waals surface area contributed by atoms with Crippen molar-refractivity contribution in [2.75, 3.05) is 0 Å². The summed E-state index contributed by atoms with van der Waals surface area (Å²) in [6.07, 6.45) is 1.08. The summed E-state index contributed by atoms with van der Waals surface area (Å²) < 4.78 is 0. The highest BCUT2D eigenvalue weighted by atomic mass is 32.1. The van der Waals surface area contributed by atoms with Gasteiger partial charge in [-0.3, -0.25) is 0 Å². The average molecular weight is 231 g/mol. The lowest BCUT2D eigenvalue weighted by atomic mass is 10.0. The molecule has 16 heavy (non-hydrogen) atoms. The van der Waals surface area contributed by atoms with Gasteiger partial charge in [0.05, 0.1) is 6.04 Å². The topological polar surface area (TPSA) is 26.0 Å². The number of benzene rings is 1. The van der Waals surface area contributed by atoms with Gasteiger partial charge in [0.2, 0.25) is 0 Å². The summed E-state index contributed by atoms with van der Waals surface area (Å²) in [5.74, 6) is 0.